The standard InChI is InChI=1S/C24H25Cl2N5O4/c25-18-6-4-15(10-19(18)26)20(11-22(33)34)30-24(35)17-12-28-31(21(17)13-32)9-7-16-5-3-14-2-1-8-27-23(14)29-16/h3-6,10,12,20,32H,1-2,7-9,11,13H2,(H,27,29)(H,30,35)(H,33,34). The third-order valence-electron chi connectivity index (χ3n) is 5.90. The molecule has 4 rings (SSSR count). The lowest BCUT2D eigenvalue weighted by molar-refractivity contribution is -0.137. The fourth-order valence-electron chi connectivity index (χ4n) is 4.08. The van der Waals surface area contributed by atoms with E-state index in [2.05, 4.69) is 26.8 Å². The topological polar surface area (TPSA) is 129 Å². The van der Waals surface area contributed by atoms with Crippen molar-refractivity contribution in [3.8, 4) is 0 Å². The molecule has 0 aliphatic carbocycles. The summed E-state index contributed by atoms with van der Waals surface area (Å²) >= 11 is 12.0. The number of aliphatic hydroxyl groups is 1. The maximum Gasteiger partial charge on any atom is 0.305 e. The van der Waals surface area contributed by atoms with Gasteiger partial charge in [0.15, 0.2) is 0 Å². The lowest BCUT2D eigenvalue weighted by Crippen LogP contribution is -2.31. The Morgan fingerprint density at radius 1 is 1.20 bits per heavy atom. The molecule has 1 aromatic carbocycles. The van der Waals surface area contributed by atoms with Gasteiger partial charge in [-0.05, 0) is 42.2 Å². The number of fused-ring (bicyclic) bond motifs is 1. The molecular weight excluding hydrogens is 493 g/mol. The Morgan fingerprint density at radius 2 is 2.03 bits per heavy atom. The van der Waals surface area contributed by atoms with E-state index in [0.717, 1.165) is 30.9 Å². The maximum atomic E-state index is 13.0. The highest BCUT2D eigenvalue weighted by molar-refractivity contribution is 6.42. The number of nitrogens with zero attached hydrogens (tertiary/aromatic N) is 3. The van der Waals surface area contributed by atoms with Gasteiger partial charge >= 0.3 is 5.97 Å². The number of amides is 1. The number of benzene rings is 1. The van der Waals surface area contributed by atoms with Crippen molar-refractivity contribution in [3.05, 3.63) is 74.7 Å². The quantitative estimate of drug-likeness (QED) is 0.341. The van der Waals surface area contributed by atoms with E-state index < -0.39 is 24.5 Å². The molecule has 0 spiro atoms. The number of carboxylic acids is 1. The van der Waals surface area contributed by atoms with Crippen molar-refractivity contribution in [2.75, 3.05) is 11.9 Å². The largest absolute Gasteiger partial charge is 0.481 e. The van der Waals surface area contributed by atoms with Crippen LogP contribution in [-0.4, -0.2) is 43.4 Å². The van der Waals surface area contributed by atoms with Crippen LogP contribution < -0.4 is 10.6 Å². The summed E-state index contributed by atoms with van der Waals surface area (Å²) in [5.74, 6) is -0.733. The van der Waals surface area contributed by atoms with Crippen molar-refractivity contribution in [2.24, 2.45) is 0 Å². The first-order valence-corrected chi connectivity index (χ1v) is 12.0. The van der Waals surface area contributed by atoms with Crippen LogP contribution in [0.1, 0.15) is 51.8 Å². The molecule has 3 aromatic rings. The number of aryl methyl sites for hydroxylation is 3. The van der Waals surface area contributed by atoms with Crippen molar-refractivity contribution < 1.29 is 19.8 Å². The Kier molecular flexibility index (Phi) is 7.90. The first-order valence-electron chi connectivity index (χ1n) is 11.2. The van der Waals surface area contributed by atoms with E-state index in [1.165, 1.54) is 17.8 Å². The number of pyridine rings is 1. The molecule has 1 aliphatic rings. The van der Waals surface area contributed by atoms with Crippen molar-refractivity contribution in [1.29, 1.82) is 0 Å². The van der Waals surface area contributed by atoms with Gasteiger partial charge in [0.25, 0.3) is 5.91 Å². The van der Waals surface area contributed by atoms with E-state index >= 15 is 0 Å². The van der Waals surface area contributed by atoms with E-state index in [1.807, 2.05) is 6.07 Å². The zero-order valence-electron chi connectivity index (χ0n) is 18.8. The second-order valence-corrected chi connectivity index (χ2v) is 9.09. The summed E-state index contributed by atoms with van der Waals surface area (Å²) in [6, 6.07) is 7.88. The summed E-state index contributed by atoms with van der Waals surface area (Å²) < 4.78 is 1.56. The molecule has 35 heavy (non-hydrogen) atoms. The smallest absolute Gasteiger partial charge is 0.305 e. The number of anilines is 1. The van der Waals surface area contributed by atoms with Gasteiger partial charge in [0.1, 0.15) is 5.82 Å². The molecule has 11 heteroatoms. The SMILES string of the molecule is O=C(O)CC(NC(=O)c1cnn(CCc2ccc3c(n2)NCCC3)c1CO)c1ccc(Cl)c(Cl)c1. The van der Waals surface area contributed by atoms with E-state index in [4.69, 9.17) is 23.2 Å². The number of carbonyl (C=O) groups is 2. The highest BCUT2D eigenvalue weighted by Crippen LogP contribution is 2.27. The second-order valence-electron chi connectivity index (χ2n) is 8.27. The van der Waals surface area contributed by atoms with E-state index in [0.29, 0.717) is 29.2 Å². The summed E-state index contributed by atoms with van der Waals surface area (Å²) in [6.45, 7) is 0.916. The monoisotopic (exact) mass is 517 g/mol. The van der Waals surface area contributed by atoms with E-state index in [1.54, 1.807) is 16.8 Å². The maximum absolute atomic E-state index is 13.0. The zero-order valence-corrected chi connectivity index (χ0v) is 20.3. The summed E-state index contributed by atoms with van der Waals surface area (Å²) in [5.41, 5.74) is 3.08. The zero-order chi connectivity index (χ0) is 24.9. The molecule has 184 valence electrons. The normalized spacial score (nSPS) is 13.6. The van der Waals surface area contributed by atoms with Crippen LogP contribution in [0.3, 0.4) is 0 Å². The minimum absolute atomic E-state index is 0.169. The third-order valence-corrected chi connectivity index (χ3v) is 6.64. The lowest BCUT2D eigenvalue weighted by Gasteiger charge is -2.18. The van der Waals surface area contributed by atoms with Gasteiger partial charge in [0.2, 0.25) is 0 Å². The van der Waals surface area contributed by atoms with Gasteiger partial charge in [-0.2, -0.15) is 5.10 Å². The number of rotatable bonds is 9. The molecule has 4 N–H and O–H groups in total. The molecule has 0 saturated carbocycles. The third kappa shape index (κ3) is 5.93. The molecule has 9 nitrogen and oxygen atoms in total. The number of carboxylic acid groups (broad SMARTS) is 1. The molecule has 1 aliphatic heterocycles. The first-order chi connectivity index (χ1) is 16.9. The Bertz CT molecular complexity index is 1250. The van der Waals surface area contributed by atoms with Gasteiger partial charge in [-0.1, -0.05) is 35.3 Å². The predicted molar refractivity (Wildman–Crippen MR) is 132 cm³/mol. The van der Waals surface area contributed by atoms with Crippen LogP contribution in [0.2, 0.25) is 10.0 Å². The number of aliphatic carboxylic acids is 1. The molecule has 1 unspecified atom stereocenters. The highest BCUT2D eigenvalue weighted by atomic mass is 35.5. The van der Waals surface area contributed by atoms with Crippen molar-refractivity contribution in [2.45, 2.75) is 44.9 Å². The number of nitrogens with one attached hydrogen (secondary N) is 2. The summed E-state index contributed by atoms with van der Waals surface area (Å²) in [5, 5.41) is 30.2. The van der Waals surface area contributed by atoms with Crippen LogP contribution in [0.5, 0.6) is 0 Å². The van der Waals surface area contributed by atoms with Gasteiger partial charge < -0.3 is 20.8 Å². The number of aromatic nitrogens is 3. The Hall–Kier alpha value is -3.14. The van der Waals surface area contributed by atoms with Crippen LogP contribution >= 0.6 is 23.2 Å². The van der Waals surface area contributed by atoms with Gasteiger partial charge in [-0.3, -0.25) is 14.3 Å². The van der Waals surface area contributed by atoms with Gasteiger partial charge in [0.05, 0.1) is 46.6 Å². The second kappa shape index (κ2) is 11.1. The Balaban J connectivity index is 1.49. The number of hydrogen-bond donors (Lipinski definition) is 4. The Labute approximate surface area is 212 Å². The predicted octanol–water partition coefficient (Wildman–Crippen LogP) is 3.62. The molecule has 3 heterocycles. The van der Waals surface area contributed by atoms with Gasteiger partial charge in [-0.25, -0.2) is 4.98 Å². The van der Waals surface area contributed by atoms with Crippen molar-refractivity contribution in [3.63, 3.8) is 0 Å². The fraction of sp³-hybridized carbons (Fsp3) is 0.333. The lowest BCUT2D eigenvalue weighted by atomic mass is 10.0. The average Bonchev–Trinajstić information content (AvgIpc) is 3.26. The van der Waals surface area contributed by atoms with Crippen molar-refractivity contribution in [1.82, 2.24) is 20.1 Å². The molecule has 0 radical (unpaired) electrons. The number of hydrogen-bond acceptors (Lipinski definition) is 6. The van der Waals surface area contributed by atoms with Crippen LogP contribution in [0.4, 0.5) is 5.82 Å². The molecular formula is C24H25Cl2N5O4. The molecule has 0 fully saturated rings. The van der Waals surface area contributed by atoms with Crippen LogP contribution in [0.25, 0.3) is 0 Å². The average molecular weight is 518 g/mol. The van der Waals surface area contributed by atoms with E-state index in [9.17, 15) is 19.8 Å². The first kappa shape index (κ1) is 25.0. The molecule has 0 bridgehead atoms. The van der Waals surface area contributed by atoms with Crippen LogP contribution in [0.15, 0.2) is 36.5 Å². The van der Waals surface area contributed by atoms with Gasteiger partial charge in [-0.15, -0.1) is 0 Å². The minimum atomic E-state index is -1.09. The fourth-order valence-corrected chi connectivity index (χ4v) is 4.39. The number of carbonyl (C=O) groups excluding carboxylic acids is 1. The van der Waals surface area contributed by atoms with E-state index in [-0.39, 0.29) is 17.0 Å². The highest BCUT2D eigenvalue weighted by Gasteiger charge is 2.23. The van der Waals surface area contributed by atoms with Gasteiger partial charge in [0, 0.05) is 25.2 Å². The van der Waals surface area contributed by atoms with Crippen LogP contribution in [0, 0.1) is 0 Å². The van der Waals surface area contributed by atoms with Crippen molar-refractivity contribution >= 4 is 40.9 Å². The summed E-state index contributed by atoms with van der Waals surface area (Å²) in [6.07, 6.45) is 3.67. The molecule has 0 saturated heterocycles. The number of halogens is 2. The molecule has 1 amide bonds. The summed E-state index contributed by atoms with van der Waals surface area (Å²) in [7, 11) is 0. The minimum Gasteiger partial charge on any atom is -0.481 e. The molecule has 1 atom stereocenters. The molecule has 2 aromatic heterocycles. The Morgan fingerprint density at radius 3 is 2.77 bits per heavy atom. The number of aliphatic hydroxyl groups excluding tert-OH is 1. The summed E-state index contributed by atoms with van der Waals surface area (Å²) in [4.78, 5) is 29.1. The van der Waals surface area contributed by atoms with Crippen LogP contribution in [-0.2, 0) is 30.8 Å².